The van der Waals surface area contributed by atoms with Crippen LogP contribution in [0, 0.1) is 6.92 Å². The van der Waals surface area contributed by atoms with Crippen LogP contribution in [0.25, 0.3) is 0 Å². The first-order chi connectivity index (χ1) is 11.6. The Morgan fingerprint density at radius 2 is 1.79 bits per heavy atom. The van der Waals surface area contributed by atoms with Crippen molar-refractivity contribution in [3.63, 3.8) is 0 Å². The van der Waals surface area contributed by atoms with E-state index in [0.29, 0.717) is 30.8 Å². The fourth-order valence-corrected chi connectivity index (χ4v) is 2.26. The maximum atomic E-state index is 12.0. The van der Waals surface area contributed by atoms with Gasteiger partial charge < -0.3 is 4.74 Å². The molecule has 0 aliphatic heterocycles. The first-order valence-corrected chi connectivity index (χ1v) is 7.96. The van der Waals surface area contributed by atoms with Crippen LogP contribution in [0.1, 0.15) is 34.8 Å². The molecule has 5 nitrogen and oxygen atoms in total. The van der Waals surface area contributed by atoms with Gasteiger partial charge in [-0.05, 0) is 50.1 Å². The Balaban J connectivity index is 1.77. The highest BCUT2D eigenvalue weighted by Crippen LogP contribution is 2.11. The number of hydrazine groups is 1. The minimum atomic E-state index is -0.359. The lowest BCUT2D eigenvalue weighted by atomic mass is 10.1. The van der Waals surface area contributed by atoms with Crippen molar-refractivity contribution < 1.29 is 14.3 Å². The summed E-state index contributed by atoms with van der Waals surface area (Å²) in [6.07, 6.45) is 0.944. The Morgan fingerprint density at radius 3 is 2.46 bits per heavy atom. The van der Waals surface area contributed by atoms with Crippen molar-refractivity contribution >= 4 is 11.8 Å². The highest BCUT2D eigenvalue weighted by molar-refractivity contribution is 5.95. The van der Waals surface area contributed by atoms with Gasteiger partial charge in [-0.3, -0.25) is 20.4 Å². The fraction of sp³-hybridized carbons (Fsp3) is 0.263. The van der Waals surface area contributed by atoms with E-state index in [1.54, 1.807) is 24.3 Å². The highest BCUT2D eigenvalue weighted by atomic mass is 16.5. The smallest absolute Gasteiger partial charge is 0.269 e. The van der Waals surface area contributed by atoms with Crippen LogP contribution in [-0.2, 0) is 11.2 Å². The quantitative estimate of drug-likeness (QED) is 0.802. The van der Waals surface area contributed by atoms with Gasteiger partial charge in [0.1, 0.15) is 5.75 Å². The number of hydrogen-bond acceptors (Lipinski definition) is 3. The zero-order valence-electron chi connectivity index (χ0n) is 14.0. The SMILES string of the molecule is CCOc1ccc(C(=O)NNC(=O)CCc2cccc(C)c2)cc1. The fourth-order valence-electron chi connectivity index (χ4n) is 2.26. The summed E-state index contributed by atoms with van der Waals surface area (Å²) in [6.45, 7) is 4.48. The molecule has 2 amide bonds. The van der Waals surface area contributed by atoms with E-state index in [-0.39, 0.29) is 11.8 Å². The number of carbonyl (C=O) groups excluding carboxylic acids is 2. The molecule has 0 aromatic heterocycles. The molecule has 126 valence electrons. The van der Waals surface area contributed by atoms with Gasteiger partial charge >= 0.3 is 0 Å². The third kappa shape index (κ3) is 5.43. The predicted octanol–water partition coefficient (Wildman–Crippen LogP) is 2.79. The maximum Gasteiger partial charge on any atom is 0.269 e. The average molecular weight is 326 g/mol. The lowest BCUT2D eigenvalue weighted by molar-refractivity contribution is -0.121. The molecule has 0 radical (unpaired) electrons. The molecular weight excluding hydrogens is 304 g/mol. The zero-order chi connectivity index (χ0) is 17.4. The van der Waals surface area contributed by atoms with Gasteiger partial charge in [0.05, 0.1) is 6.61 Å². The number of carbonyl (C=O) groups is 2. The second kappa shape index (κ2) is 8.72. The van der Waals surface area contributed by atoms with Gasteiger partial charge in [0.2, 0.25) is 5.91 Å². The molecule has 0 aliphatic carbocycles. The third-order valence-corrected chi connectivity index (χ3v) is 3.47. The summed E-state index contributed by atoms with van der Waals surface area (Å²) in [7, 11) is 0. The molecule has 2 aromatic rings. The Morgan fingerprint density at radius 1 is 1.04 bits per heavy atom. The monoisotopic (exact) mass is 326 g/mol. The van der Waals surface area contributed by atoms with E-state index >= 15 is 0 Å². The second-order valence-electron chi connectivity index (χ2n) is 5.45. The minimum Gasteiger partial charge on any atom is -0.494 e. The number of nitrogens with one attached hydrogen (secondary N) is 2. The molecule has 5 heteroatoms. The van der Waals surface area contributed by atoms with Gasteiger partial charge in [-0.15, -0.1) is 0 Å². The molecule has 2 aromatic carbocycles. The molecule has 0 spiro atoms. The van der Waals surface area contributed by atoms with Crippen molar-refractivity contribution in [1.82, 2.24) is 10.9 Å². The summed E-state index contributed by atoms with van der Waals surface area (Å²) < 4.78 is 5.32. The largest absolute Gasteiger partial charge is 0.494 e. The molecule has 0 unspecified atom stereocenters. The molecule has 0 saturated heterocycles. The number of ether oxygens (including phenoxy) is 1. The molecule has 2 N–H and O–H groups in total. The van der Waals surface area contributed by atoms with Crippen LogP contribution >= 0.6 is 0 Å². The summed E-state index contributed by atoms with van der Waals surface area (Å²) in [5, 5.41) is 0. The molecule has 24 heavy (non-hydrogen) atoms. The topological polar surface area (TPSA) is 67.4 Å². The van der Waals surface area contributed by atoms with Crippen molar-refractivity contribution in [2.24, 2.45) is 0 Å². The summed E-state index contributed by atoms with van der Waals surface area (Å²) in [5.74, 6) is 0.119. The zero-order valence-corrected chi connectivity index (χ0v) is 14.0. The minimum absolute atomic E-state index is 0.226. The van der Waals surface area contributed by atoms with E-state index in [1.807, 2.05) is 38.1 Å². The average Bonchev–Trinajstić information content (AvgIpc) is 2.59. The summed E-state index contributed by atoms with van der Waals surface area (Å²) >= 11 is 0. The standard InChI is InChI=1S/C19H22N2O3/c1-3-24-17-10-8-16(9-11-17)19(23)21-20-18(22)12-7-15-6-4-5-14(2)13-15/h4-6,8-11,13H,3,7,12H2,1-2H3,(H,20,22)(H,21,23). The summed E-state index contributed by atoms with van der Waals surface area (Å²) in [5.41, 5.74) is 7.57. The van der Waals surface area contributed by atoms with Crippen LogP contribution in [0.3, 0.4) is 0 Å². The Kier molecular flexibility index (Phi) is 6.37. The summed E-state index contributed by atoms with van der Waals surface area (Å²) in [6, 6.07) is 14.8. The first-order valence-electron chi connectivity index (χ1n) is 7.96. The van der Waals surface area contributed by atoms with Crippen molar-refractivity contribution in [3.8, 4) is 5.75 Å². The number of amides is 2. The summed E-state index contributed by atoms with van der Waals surface area (Å²) in [4.78, 5) is 23.8. The molecule has 0 fully saturated rings. The maximum absolute atomic E-state index is 12.0. The Labute approximate surface area is 142 Å². The highest BCUT2D eigenvalue weighted by Gasteiger charge is 2.08. The van der Waals surface area contributed by atoms with E-state index in [2.05, 4.69) is 10.9 Å². The van der Waals surface area contributed by atoms with Gasteiger partial charge in [-0.25, -0.2) is 0 Å². The van der Waals surface area contributed by atoms with Crippen LogP contribution < -0.4 is 15.6 Å². The van der Waals surface area contributed by atoms with E-state index in [1.165, 1.54) is 0 Å². The van der Waals surface area contributed by atoms with Crippen molar-refractivity contribution in [2.45, 2.75) is 26.7 Å². The lowest BCUT2D eigenvalue weighted by Crippen LogP contribution is -2.41. The molecular formula is C19H22N2O3. The van der Waals surface area contributed by atoms with Gasteiger partial charge in [0, 0.05) is 12.0 Å². The van der Waals surface area contributed by atoms with Gasteiger partial charge in [0.15, 0.2) is 0 Å². The van der Waals surface area contributed by atoms with Gasteiger partial charge in [0.25, 0.3) is 5.91 Å². The molecule has 0 atom stereocenters. The predicted molar refractivity (Wildman–Crippen MR) is 92.7 cm³/mol. The van der Waals surface area contributed by atoms with E-state index in [0.717, 1.165) is 11.1 Å². The first kappa shape index (κ1) is 17.5. The van der Waals surface area contributed by atoms with Crippen molar-refractivity contribution in [1.29, 1.82) is 0 Å². The second-order valence-corrected chi connectivity index (χ2v) is 5.45. The Hall–Kier alpha value is -2.82. The van der Waals surface area contributed by atoms with E-state index in [4.69, 9.17) is 4.74 Å². The number of hydrogen-bond donors (Lipinski definition) is 2. The van der Waals surface area contributed by atoms with E-state index in [9.17, 15) is 9.59 Å². The lowest BCUT2D eigenvalue weighted by Gasteiger charge is -2.08. The number of benzene rings is 2. The van der Waals surface area contributed by atoms with Gasteiger partial charge in [-0.1, -0.05) is 29.8 Å². The van der Waals surface area contributed by atoms with Crippen LogP contribution in [0.2, 0.25) is 0 Å². The number of aryl methyl sites for hydroxylation is 2. The third-order valence-electron chi connectivity index (χ3n) is 3.47. The normalized spacial score (nSPS) is 10.1. The van der Waals surface area contributed by atoms with E-state index < -0.39 is 0 Å². The molecule has 0 heterocycles. The molecule has 2 rings (SSSR count). The van der Waals surface area contributed by atoms with Crippen molar-refractivity contribution in [2.75, 3.05) is 6.61 Å². The Bertz CT molecular complexity index is 696. The molecule has 0 bridgehead atoms. The van der Waals surface area contributed by atoms with Crippen LogP contribution in [-0.4, -0.2) is 18.4 Å². The van der Waals surface area contributed by atoms with Crippen LogP contribution in [0.4, 0.5) is 0 Å². The molecule has 0 saturated carbocycles. The van der Waals surface area contributed by atoms with Crippen LogP contribution in [0.15, 0.2) is 48.5 Å². The van der Waals surface area contributed by atoms with Crippen molar-refractivity contribution in [3.05, 3.63) is 65.2 Å². The number of rotatable bonds is 6. The van der Waals surface area contributed by atoms with Crippen LogP contribution in [0.5, 0.6) is 5.75 Å². The van der Waals surface area contributed by atoms with Gasteiger partial charge in [-0.2, -0.15) is 0 Å². The molecule has 0 aliphatic rings.